The minimum absolute atomic E-state index is 0.209. The van der Waals surface area contributed by atoms with E-state index in [1.165, 1.54) is 14.2 Å². The fraction of sp³-hybridized carbons (Fsp3) is 0.308. The zero-order valence-corrected chi connectivity index (χ0v) is 11.1. The third-order valence-corrected chi connectivity index (χ3v) is 2.68. The Morgan fingerprint density at radius 3 is 2.74 bits per heavy atom. The SMILES string of the molecule is CCn1cc(-c2cc(OC)cc(C(=O)OC)n2)cn1. The van der Waals surface area contributed by atoms with Crippen LogP contribution in [0, 0.1) is 0 Å². The van der Waals surface area contributed by atoms with Crippen molar-refractivity contribution in [2.75, 3.05) is 14.2 Å². The molecular weight excluding hydrogens is 246 g/mol. The van der Waals surface area contributed by atoms with Gasteiger partial charge in [-0.1, -0.05) is 0 Å². The first kappa shape index (κ1) is 13.1. The summed E-state index contributed by atoms with van der Waals surface area (Å²) >= 11 is 0. The van der Waals surface area contributed by atoms with E-state index >= 15 is 0 Å². The largest absolute Gasteiger partial charge is 0.497 e. The maximum absolute atomic E-state index is 11.6. The van der Waals surface area contributed by atoms with Gasteiger partial charge in [-0.25, -0.2) is 9.78 Å². The number of pyridine rings is 1. The zero-order valence-electron chi connectivity index (χ0n) is 11.1. The van der Waals surface area contributed by atoms with E-state index in [0.29, 0.717) is 11.4 Å². The summed E-state index contributed by atoms with van der Waals surface area (Å²) in [6.45, 7) is 2.77. The molecule has 100 valence electrons. The Hall–Kier alpha value is -2.37. The van der Waals surface area contributed by atoms with Crippen molar-refractivity contribution in [3.63, 3.8) is 0 Å². The van der Waals surface area contributed by atoms with Gasteiger partial charge in [0, 0.05) is 30.4 Å². The van der Waals surface area contributed by atoms with Gasteiger partial charge in [0.1, 0.15) is 5.75 Å². The first-order chi connectivity index (χ1) is 9.17. The summed E-state index contributed by atoms with van der Waals surface area (Å²) in [5, 5.41) is 4.18. The van der Waals surface area contributed by atoms with Gasteiger partial charge < -0.3 is 9.47 Å². The van der Waals surface area contributed by atoms with E-state index in [0.717, 1.165) is 12.1 Å². The third-order valence-electron chi connectivity index (χ3n) is 2.68. The third kappa shape index (κ3) is 2.73. The van der Waals surface area contributed by atoms with E-state index in [4.69, 9.17) is 4.74 Å². The van der Waals surface area contributed by atoms with Crippen molar-refractivity contribution in [3.05, 3.63) is 30.2 Å². The number of rotatable bonds is 4. The smallest absolute Gasteiger partial charge is 0.356 e. The molecule has 2 aromatic heterocycles. The van der Waals surface area contributed by atoms with Crippen molar-refractivity contribution < 1.29 is 14.3 Å². The van der Waals surface area contributed by atoms with Crippen LogP contribution < -0.4 is 4.74 Å². The summed E-state index contributed by atoms with van der Waals surface area (Å²) in [5.74, 6) is 0.0534. The molecule has 0 saturated heterocycles. The lowest BCUT2D eigenvalue weighted by molar-refractivity contribution is 0.0593. The molecule has 0 saturated carbocycles. The van der Waals surface area contributed by atoms with Crippen molar-refractivity contribution in [2.24, 2.45) is 0 Å². The normalized spacial score (nSPS) is 10.3. The number of esters is 1. The van der Waals surface area contributed by atoms with Gasteiger partial charge in [0.05, 0.1) is 26.1 Å². The van der Waals surface area contributed by atoms with Gasteiger partial charge in [-0.05, 0) is 6.92 Å². The topological polar surface area (TPSA) is 66.2 Å². The summed E-state index contributed by atoms with van der Waals surface area (Å²) in [4.78, 5) is 15.8. The van der Waals surface area contributed by atoms with E-state index < -0.39 is 5.97 Å². The molecule has 0 aliphatic carbocycles. The Balaban J connectivity index is 2.47. The monoisotopic (exact) mass is 261 g/mol. The van der Waals surface area contributed by atoms with Gasteiger partial charge in [0.2, 0.25) is 0 Å². The number of methoxy groups -OCH3 is 2. The highest BCUT2D eigenvalue weighted by atomic mass is 16.5. The van der Waals surface area contributed by atoms with Gasteiger partial charge in [0.25, 0.3) is 0 Å². The number of carbonyl (C=O) groups is 1. The highest BCUT2D eigenvalue weighted by molar-refractivity contribution is 5.88. The van der Waals surface area contributed by atoms with Crippen LogP contribution in [0.25, 0.3) is 11.3 Å². The first-order valence-electron chi connectivity index (χ1n) is 5.85. The average Bonchev–Trinajstić information content (AvgIpc) is 2.94. The molecule has 0 aliphatic rings. The quantitative estimate of drug-likeness (QED) is 0.784. The number of aromatic nitrogens is 3. The number of hydrogen-bond acceptors (Lipinski definition) is 5. The predicted octanol–water partition coefficient (Wildman–Crippen LogP) is 1.76. The van der Waals surface area contributed by atoms with Crippen LogP contribution in [0.3, 0.4) is 0 Å². The van der Waals surface area contributed by atoms with Crippen LogP contribution in [0.1, 0.15) is 17.4 Å². The fourth-order valence-corrected chi connectivity index (χ4v) is 1.65. The Morgan fingerprint density at radius 1 is 1.37 bits per heavy atom. The maximum atomic E-state index is 11.6. The van der Waals surface area contributed by atoms with Gasteiger partial charge in [-0.2, -0.15) is 5.10 Å². The zero-order chi connectivity index (χ0) is 13.8. The van der Waals surface area contributed by atoms with Crippen LogP contribution in [0.4, 0.5) is 0 Å². The number of aryl methyl sites for hydroxylation is 1. The second-order valence-corrected chi connectivity index (χ2v) is 3.85. The minimum atomic E-state index is -0.497. The number of carbonyl (C=O) groups excluding carboxylic acids is 1. The molecule has 0 spiro atoms. The standard InChI is InChI=1S/C13H15N3O3/c1-4-16-8-9(7-14-16)11-5-10(18-2)6-12(15-11)13(17)19-3/h5-8H,4H2,1-3H3. The molecule has 2 rings (SSSR count). The summed E-state index contributed by atoms with van der Waals surface area (Å²) in [7, 11) is 2.86. The average molecular weight is 261 g/mol. The molecule has 6 heteroatoms. The molecule has 0 N–H and O–H groups in total. The summed E-state index contributed by atoms with van der Waals surface area (Å²) in [6, 6.07) is 3.29. The van der Waals surface area contributed by atoms with Crippen LogP contribution in [0.15, 0.2) is 24.5 Å². The number of nitrogens with zero attached hydrogens (tertiary/aromatic N) is 3. The van der Waals surface area contributed by atoms with Gasteiger partial charge >= 0.3 is 5.97 Å². The van der Waals surface area contributed by atoms with E-state index in [9.17, 15) is 4.79 Å². The maximum Gasteiger partial charge on any atom is 0.356 e. The van der Waals surface area contributed by atoms with Crippen LogP contribution in [0.2, 0.25) is 0 Å². The lowest BCUT2D eigenvalue weighted by Gasteiger charge is -2.05. The van der Waals surface area contributed by atoms with Crippen molar-refractivity contribution >= 4 is 5.97 Å². The predicted molar refractivity (Wildman–Crippen MR) is 69.0 cm³/mol. The highest BCUT2D eigenvalue weighted by Crippen LogP contribution is 2.23. The van der Waals surface area contributed by atoms with E-state index in [2.05, 4.69) is 14.8 Å². The molecule has 0 aromatic carbocycles. The minimum Gasteiger partial charge on any atom is -0.497 e. The molecule has 2 heterocycles. The van der Waals surface area contributed by atoms with Crippen molar-refractivity contribution in [1.82, 2.24) is 14.8 Å². The van der Waals surface area contributed by atoms with Gasteiger partial charge in [0.15, 0.2) is 5.69 Å². The molecule has 2 aromatic rings. The first-order valence-corrected chi connectivity index (χ1v) is 5.85. The lowest BCUT2D eigenvalue weighted by Crippen LogP contribution is -2.05. The second-order valence-electron chi connectivity index (χ2n) is 3.85. The number of hydrogen-bond donors (Lipinski definition) is 0. The molecule has 0 unspecified atom stereocenters. The Morgan fingerprint density at radius 2 is 2.16 bits per heavy atom. The summed E-state index contributed by atoms with van der Waals surface area (Å²) in [5.41, 5.74) is 1.66. The molecule has 0 aliphatic heterocycles. The summed E-state index contributed by atoms with van der Waals surface area (Å²) < 4.78 is 11.6. The van der Waals surface area contributed by atoms with E-state index in [1.54, 1.807) is 23.0 Å². The Labute approximate surface area is 111 Å². The highest BCUT2D eigenvalue weighted by Gasteiger charge is 2.13. The number of ether oxygens (including phenoxy) is 2. The summed E-state index contributed by atoms with van der Waals surface area (Å²) in [6.07, 6.45) is 3.56. The molecule has 0 bridgehead atoms. The molecule has 0 fully saturated rings. The van der Waals surface area contributed by atoms with Gasteiger partial charge in [-0.3, -0.25) is 4.68 Å². The van der Waals surface area contributed by atoms with Gasteiger partial charge in [-0.15, -0.1) is 0 Å². The van der Waals surface area contributed by atoms with Crippen LogP contribution in [0.5, 0.6) is 5.75 Å². The Bertz CT molecular complexity index is 593. The molecule has 19 heavy (non-hydrogen) atoms. The molecular formula is C13H15N3O3. The van der Waals surface area contributed by atoms with Crippen LogP contribution >= 0.6 is 0 Å². The van der Waals surface area contributed by atoms with Crippen molar-refractivity contribution in [2.45, 2.75) is 13.5 Å². The van der Waals surface area contributed by atoms with Crippen molar-refractivity contribution in [1.29, 1.82) is 0 Å². The lowest BCUT2D eigenvalue weighted by atomic mass is 10.2. The molecule has 0 radical (unpaired) electrons. The molecule has 0 atom stereocenters. The van der Waals surface area contributed by atoms with Crippen molar-refractivity contribution in [3.8, 4) is 17.0 Å². The van der Waals surface area contributed by atoms with E-state index in [-0.39, 0.29) is 5.69 Å². The van der Waals surface area contributed by atoms with Crippen LogP contribution in [-0.2, 0) is 11.3 Å². The Kier molecular flexibility index (Phi) is 3.79. The molecule has 6 nitrogen and oxygen atoms in total. The second kappa shape index (κ2) is 5.51. The van der Waals surface area contributed by atoms with E-state index in [1.807, 2.05) is 13.1 Å². The molecule has 0 amide bonds. The van der Waals surface area contributed by atoms with Crippen LogP contribution in [-0.4, -0.2) is 35.0 Å². The fourth-order valence-electron chi connectivity index (χ4n) is 1.65.